The number of hydrogen-bond donors (Lipinski definition) is 0. The van der Waals surface area contributed by atoms with Crippen molar-refractivity contribution in [1.82, 2.24) is 0 Å². The maximum atomic E-state index is 7.42. The Morgan fingerprint density at radius 3 is 1.39 bits per heavy atom. The maximum absolute atomic E-state index is 7.42. The Balaban J connectivity index is 1.35. The molecule has 2 nitrogen and oxygen atoms in total. The molecule has 3 heteroatoms. The zero-order chi connectivity index (χ0) is 35.9. The third-order valence-corrected chi connectivity index (χ3v) is 15.3. The number of hydrogen-bond acceptors (Lipinski definition) is 2. The van der Waals surface area contributed by atoms with Crippen molar-refractivity contribution < 1.29 is 9.16 Å². The molecule has 0 aliphatic heterocycles. The highest BCUT2D eigenvalue weighted by Gasteiger charge is 2.50. The molecule has 258 valence electrons. The van der Waals surface area contributed by atoms with Gasteiger partial charge >= 0.3 is 0 Å². The second-order valence-corrected chi connectivity index (χ2v) is 18.8. The van der Waals surface area contributed by atoms with Crippen LogP contribution in [0.3, 0.4) is 0 Å². The van der Waals surface area contributed by atoms with Gasteiger partial charge < -0.3 is 9.16 Å². The molecule has 0 saturated heterocycles. The van der Waals surface area contributed by atoms with Crippen molar-refractivity contribution in [3.8, 4) is 0 Å². The average Bonchev–Trinajstić information content (AvgIpc) is 3.16. The van der Waals surface area contributed by atoms with Crippen LogP contribution in [0.15, 0.2) is 170 Å². The summed E-state index contributed by atoms with van der Waals surface area (Å²) in [5.74, 6) is 0. The van der Waals surface area contributed by atoms with Crippen LogP contribution in [0.4, 0.5) is 0 Å². The highest BCUT2D eigenvalue weighted by Crippen LogP contribution is 2.41. The van der Waals surface area contributed by atoms with Crippen LogP contribution in [0.5, 0.6) is 0 Å². The van der Waals surface area contributed by atoms with E-state index in [1.807, 2.05) is 0 Å². The van der Waals surface area contributed by atoms with Crippen LogP contribution in [0.2, 0.25) is 5.04 Å². The lowest BCUT2D eigenvalue weighted by atomic mass is 9.80. The summed E-state index contributed by atoms with van der Waals surface area (Å²) in [5, 5.41) is 2.50. The van der Waals surface area contributed by atoms with Gasteiger partial charge in [-0.05, 0) is 80.7 Å². The van der Waals surface area contributed by atoms with E-state index in [9.17, 15) is 0 Å². The Hall–Kier alpha value is -4.80. The third-order valence-electron chi connectivity index (χ3n) is 10.3. The van der Waals surface area contributed by atoms with Crippen molar-refractivity contribution in [2.45, 2.75) is 58.8 Å². The van der Waals surface area contributed by atoms with Crippen LogP contribution in [-0.2, 0) is 21.4 Å². The molecule has 0 atom stereocenters. The molecule has 0 heterocycles. The molecule has 0 radical (unpaired) electrons. The number of aryl methyl sites for hydroxylation is 1. The van der Waals surface area contributed by atoms with E-state index >= 15 is 0 Å². The third kappa shape index (κ3) is 7.20. The van der Waals surface area contributed by atoms with Crippen molar-refractivity contribution in [2.24, 2.45) is 0 Å². The van der Waals surface area contributed by atoms with E-state index in [-0.39, 0.29) is 5.04 Å². The Labute approximate surface area is 306 Å². The van der Waals surface area contributed by atoms with Crippen molar-refractivity contribution in [1.29, 1.82) is 0 Å². The molecule has 0 bridgehead atoms. The lowest BCUT2D eigenvalue weighted by Gasteiger charge is -2.43. The van der Waals surface area contributed by atoms with Gasteiger partial charge in [0.2, 0.25) is 0 Å². The molecule has 0 aromatic heterocycles. The molecule has 0 aliphatic carbocycles. The fourth-order valence-electron chi connectivity index (χ4n) is 7.65. The van der Waals surface area contributed by atoms with Gasteiger partial charge in [0.15, 0.2) is 0 Å². The second kappa shape index (κ2) is 15.6. The highest BCUT2D eigenvalue weighted by molar-refractivity contribution is 6.99. The number of benzene rings is 6. The smallest absolute Gasteiger partial charge is 0.261 e. The standard InChI is InChI=1S/C48H50O2Si/c1-37-32-33-45(39(3)46(37)36-50-51(47(4,5)6,43-28-18-10-19-29-43)44-30-20-11-21-31-44)38(2)34-35-49-48(40-22-12-7-13-23-40,41-24-14-8-15-25-41)42-26-16-9-17-27-42/h7-34H,35-36H2,1-6H3/b38-34-. The molecule has 6 aromatic carbocycles. The number of ether oxygens (including phenoxy) is 1. The molecular weight excluding hydrogens is 637 g/mol. The molecule has 0 fully saturated rings. The van der Waals surface area contributed by atoms with Crippen LogP contribution in [0, 0.1) is 13.8 Å². The molecule has 0 unspecified atom stereocenters. The first kappa shape index (κ1) is 36.0. The Morgan fingerprint density at radius 2 is 0.980 bits per heavy atom. The van der Waals surface area contributed by atoms with Crippen LogP contribution < -0.4 is 10.4 Å². The van der Waals surface area contributed by atoms with Gasteiger partial charge in [0.05, 0.1) is 13.2 Å². The van der Waals surface area contributed by atoms with Crippen molar-refractivity contribution in [3.05, 3.63) is 209 Å². The van der Waals surface area contributed by atoms with Gasteiger partial charge in [-0.2, -0.15) is 0 Å². The van der Waals surface area contributed by atoms with Gasteiger partial charge in [-0.1, -0.05) is 191 Å². The normalized spacial score (nSPS) is 12.5. The summed E-state index contributed by atoms with van der Waals surface area (Å²) in [6.45, 7) is 14.6. The fraction of sp³-hybridized carbons (Fsp3) is 0.208. The molecule has 6 rings (SSSR count). The monoisotopic (exact) mass is 686 g/mol. The summed E-state index contributed by atoms with van der Waals surface area (Å²) in [7, 11) is -2.70. The zero-order valence-corrected chi connectivity index (χ0v) is 31.9. The average molecular weight is 687 g/mol. The highest BCUT2D eigenvalue weighted by atomic mass is 28.4. The minimum Gasteiger partial charge on any atom is -0.403 e. The Kier molecular flexibility index (Phi) is 11.0. The first-order valence-electron chi connectivity index (χ1n) is 18.0. The van der Waals surface area contributed by atoms with E-state index in [1.54, 1.807) is 0 Å². The topological polar surface area (TPSA) is 18.5 Å². The van der Waals surface area contributed by atoms with E-state index in [4.69, 9.17) is 9.16 Å². The van der Waals surface area contributed by atoms with E-state index in [0.717, 1.165) is 16.7 Å². The van der Waals surface area contributed by atoms with Crippen molar-refractivity contribution in [2.75, 3.05) is 6.61 Å². The van der Waals surface area contributed by atoms with E-state index < -0.39 is 13.9 Å². The van der Waals surface area contributed by atoms with Crippen LogP contribution in [0.1, 0.15) is 66.6 Å². The predicted molar refractivity (Wildman–Crippen MR) is 217 cm³/mol. The quantitative estimate of drug-likeness (QED) is 0.0942. The minimum absolute atomic E-state index is 0.0922. The molecular formula is C48H50O2Si. The van der Waals surface area contributed by atoms with E-state index in [1.165, 1.54) is 38.2 Å². The van der Waals surface area contributed by atoms with Gasteiger partial charge in [-0.15, -0.1) is 0 Å². The maximum Gasteiger partial charge on any atom is 0.261 e. The van der Waals surface area contributed by atoms with Crippen LogP contribution in [0.25, 0.3) is 5.57 Å². The Bertz CT molecular complexity index is 1900. The van der Waals surface area contributed by atoms with Gasteiger partial charge in [-0.25, -0.2) is 0 Å². The lowest BCUT2D eigenvalue weighted by Crippen LogP contribution is -2.66. The SMILES string of the molecule is C/C(=C/COC(c1ccccc1)(c1ccccc1)c1ccccc1)c1ccc(C)c(CO[Si](c2ccccc2)(c2ccccc2)C(C)(C)C)c1C. The van der Waals surface area contributed by atoms with Crippen molar-refractivity contribution in [3.63, 3.8) is 0 Å². The molecule has 0 aliphatic rings. The zero-order valence-electron chi connectivity index (χ0n) is 30.9. The predicted octanol–water partition coefficient (Wildman–Crippen LogP) is 10.8. The van der Waals surface area contributed by atoms with Gasteiger partial charge in [-0.3, -0.25) is 0 Å². The molecule has 6 aromatic rings. The summed E-state index contributed by atoms with van der Waals surface area (Å²) >= 11 is 0. The molecule has 0 spiro atoms. The molecule has 51 heavy (non-hydrogen) atoms. The summed E-state index contributed by atoms with van der Waals surface area (Å²) in [5.41, 5.74) is 8.68. The lowest BCUT2D eigenvalue weighted by molar-refractivity contribution is 0.0321. The summed E-state index contributed by atoms with van der Waals surface area (Å²) in [4.78, 5) is 0. The van der Waals surface area contributed by atoms with E-state index in [0.29, 0.717) is 13.2 Å². The van der Waals surface area contributed by atoms with Gasteiger partial charge in [0, 0.05) is 0 Å². The van der Waals surface area contributed by atoms with Gasteiger partial charge in [0.25, 0.3) is 8.32 Å². The van der Waals surface area contributed by atoms with Crippen LogP contribution >= 0.6 is 0 Å². The first-order valence-corrected chi connectivity index (χ1v) is 19.9. The molecule has 0 saturated carbocycles. The van der Waals surface area contributed by atoms with E-state index in [2.05, 4.69) is 211 Å². The summed E-state index contributed by atoms with van der Waals surface area (Å²) in [6, 6.07) is 58.0. The summed E-state index contributed by atoms with van der Waals surface area (Å²) in [6.07, 6.45) is 2.23. The number of allylic oxidation sites excluding steroid dienone is 1. The van der Waals surface area contributed by atoms with Crippen molar-refractivity contribution >= 4 is 24.3 Å². The summed E-state index contributed by atoms with van der Waals surface area (Å²) < 4.78 is 14.5. The number of rotatable bonds is 12. The fourth-order valence-corrected chi connectivity index (χ4v) is 12.2. The van der Waals surface area contributed by atoms with Crippen LogP contribution in [-0.4, -0.2) is 14.9 Å². The molecule has 0 amide bonds. The minimum atomic E-state index is -2.70. The largest absolute Gasteiger partial charge is 0.403 e. The second-order valence-electron chi connectivity index (χ2n) is 14.5. The Morgan fingerprint density at radius 1 is 0.569 bits per heavy atom. The molecule has 0 N–H and O–H groups in total. The first-order chi connectivity index (χ1) is 24.7. The van der Waals surface area contributed by atoms with Gasteiger partial charge in [0.1, 0.15) is 5.60 Å².